The zero-order chi connectivity index (χ0) is 30.8. The van der Waals surface area contributed by atoms with E-state index in [-0.39, 0.29) is 0 Å². The van der Waals surface area contributed by atoms with Crippen molar-refractivity contribution in [2.45, 2.75) is 41.5 Å². The number of hydrogen-bond donors (Lipinski definition) is 0. The molecule has 0 heterocycles. The first-order valence-electron chi connectivity index (χ1n) is 15.4. The Labute approximate surface area is 262 Å². The average molecular weight is 573 g/mol. The van der Waals surface area contributed by atoms with E-state index in [9.17, 15) is 0 Å². The van der Waals surface area contributed by atoms with Crippen LogP contribution in [0.1, 0.15) is 33.4 Å². The first-order valence-corrected chi connectivity index (χ1v) is 15.4. The first kappa shape index (κ1) is 29.0. The molecule has 0 aliphatic rings. The molecular weight excluding hydrogens is 532 g/mol. The van der Waals surface area contributed by atoms with Crippen molar-refractivity contribution in [1.29, 1.82) is 0 Å². The standard InChI is InChI=1S/C42H40N2/c1-29-13-19-37(20-14-29)43(39-11-7-9-31(3)25-39)41-23-17-35(27-33(41)5)36-18-24-42(34(6)28-36)44(38-21-15-30(2)16-22-38)40-12-8-10-32(4)26-40/h7-28H,1-6H3. The lowest BCUT2D eigenvalue weighted by atomic mass is 9.98. The molecule has 0 N–H and O–H groups in total. The molecular formula is C42H40N2. The third kappa shape index (κ3) is 6.02. The second-order valence-corrected chi connectivity index (χ2v) is 12.0. The highest BCUT2D eigenvalue weighted by molar-refractivity contribution is 5.83. The maximum atomic E-state index is 2.36. The van der Waals surface area contributed by atoms with E-state index >= 15 is 0 Å². The van der Waals surface area contributed by atoms with Crippen molar-refractivity contribution in [2.75, 3.05) is 9.80 Å². The topological polar surface area (TPSA) is 6.48 Å². The minimum atomic E-state index is 1.16. The van der Waals surface area contributed by atoms with Crippen LogP contribution < -0.4 is 9.80 Å². The molecule has 2 nitrogen and oxygen atoms in total. The van der Waals surface area contributed by atoms with Gasteiger partial charge in [0, 0.05) is 34.1 Å². The van der Waals surface area contributed by atoms with Crippen molar-refractivity contribution in [1.82, 2.24) is 0 Å². The molecule has 44 heavy (non-hydrogen) atoms. The Bertz CT molecular complexity index is 1770. The summed E-state index contributed by atoms with van der Waals surface area (Å²) in [6.45, 7) is 13.0. The number of anilines is 6. The Kier molecular flexibility index (Phi) is 8.09. The SMILES string of the molecule is Cc1ccc(N(c2cccc(C)c2)c2ccc(-c3ccc(N(c4ccc(C)cc4)c4cccc(C)c4)c(C)c3)cc2C)cc1. The molecule has 0 saturated carbocycles. The lowest BCUT2D eigenvalue weighted by Gasteiger charge is -2.28. The summed E-state index contributed by atoms with van der Waals surface area (Å²) in [5.74, 6) is 0. The predicted octanol–water partition coefficient (Wildman–Crippen LogP) is 12.1. The van der Waals surface area contributed by atoms with E-state index in [0.29, 0.717) is 0 Å². The van der Waals surface area contributed by atoms with Gasteiger partial charge in [-0.15, -0.1) is 0 Å². The molecule has 0 spiro atoms. The Hall–Kier alpha value is -5.08. The van der Waals surface area contributed by atoms with Gasteiger partial charge in [-0.1, -0.05) is 71.8 Å². The molecule has 6 aromatic rings. The van der Waals surface area contributed by atoms with Gasteiger partial charge in [-0.2, -0.15) is 0 Å². The van der Waals surface area contributed by atoms with Gasteiger partial charge in [-0.3, -0.25) is 0 Å². The van der Waals surface area contributed by atoms with Crippen molar-refractivity contribution in [3.05, 3.63) is 167 Å². The van der Waals surface area contributed by atoms with Crippen LogP contribution >= 0.6 is 0 Å². The summed E-state index contributed by atoms with van der Waals surface area (Å²) in [5, 5.41) is 0. The Morgan fingerprint density at radius 2 is 0.705 bits per heavy atom. The highest BCUT2D eigenvalue weighted by atomic mass is 15.1. The normalized spacial score (nSPS) is 11.0. The summed E-state index contributed by atoms with van der Waals surface area (Å²) in [4.78, 5) is 4.72. The van der Waals surface area contributed by atoms with Crippen molar-refractivity contribution in [2.24, 2.45) is 0 Å². The van der Waals surface area contributed by atoms with Crippen molar-refractivity contribution >= 4 is 34.1 Å². The smallest absolute Gasteiger partial charge is 0.0491 e. The molecule has 0 aliphatic heterocycles. The lowest BCUT2D eigenvalue weighted by Crippen LogP contribution is -2.12. The lowest BCUT2D eigenvalue weighted by molar-refractivity contribution is 1.23. The summed E-state index contributed by atoms with van der Waals surface area (Å²) in [6.07, 6.45) is 0. The quantitative estimate of drug-likeness (QED) is 0.188. The summed E-state index contributed by atoms with van der Waals surface area (Å²) in [7, 11) is 0. The Morgan fingerprint density at radius 3 is 1.05 bits per heavy atom. The Balaban J connectivity index is 1.39. The molecule has 0 aliphatic carbocycles. The molecule has 6 rings (SSSR count). The van der Waals surface area contributed by atoms with Crippen LogP contribution in [0, 0.1) is 41.5 Å². The van der Waals surface area contributed by atoms with Crippen molar-refractivity contribution in [3.63, 3.8) is 0 Å². The summed E-state index contributed by atoms with van der Waals surface area (Å²) in [6, 6.07) is 48.7. The largest absolute Gasteiger partial charge is 0.310 e. The van der Waals surface area contributed by atoms with E-state index in [1.54, 1.807) is 0 Å². The molecule has 0 aromatic heterocycles. The molecule has 0 fully saturated rings. The van der Waals surface area contributed by atoms with Gasteiger partial charge in [-0.25, -0.2) is 0 Å². The maximum Gasteiger partial charge on any atom is 0.0491 e. The maximum absolute atomic E-state index is 2.36. The average Bonchev–Trinajstić information content (AvgIpc) is 3.01. The second kappa shape index (κ2) is 12.3. The number of aryl methyl sites for hydroxylation is 6. The highest BCUT2D eigenvalue weighted by Crippen LogP contribution is 2.41. The zero-order valence-electron chi connectivity index (χ0n) is 26.6. The van der Waals surface area contributed by atoms with E-state index in [4.69, 9.17) is 0 Å². The van der Waals surface area contributed by atoms with Gasteiger partial charge in [0.05, 0.1) is 0 Å². The van der Waals surface area contributed by atoms with Crippen molar-refractivity contribution < 1.29 is 0 Å². The molecule has 0 unspecified atom stereocenters. The van der Waals surface area contributed by atoms with Gasteiger partial charge < -0.3 is 9.80 Å². The van der Waals surface area contributed by atoms with E-state index in [0.717, 1.165) is 22.7 Å². The number of nitrogens with zero attached hydrogens (tertiary/aromatic N) is 2. The van der Waals surface area contributed by atoms with E-state index < -0.39 is 0 Å². The van der Waals surface area contributed by atoms with Gasteiger partial charge in [0.1, 0.15) is 0 Å². The van der Waals surface area contributed by atoms with E-state index in [1.807, 2.05) is 0 Å². The van der Waals surface area contributed by atoms with Crippen molar-refractivity contribution in [3.8, 4) is 11.1 Å². The summed E-state index contributed by atoms with van der Waals surface area (Å²) < 4.78 is 0. The fourth-order valence-corrected chi connectivity index (χ4v) is 5.95. The van der Waals surface area contributed by atoms with Crippen LogP contribution in [0.3, 0.4) is 0 Å². The molecule has 0 amide bonds. The highest BCUT2D eigenvalue weighted by Gasteiger charge is 2.18. The molecule has 0 saturated heterocycles. The number of hydrogen-bond acceptors (Lipinski definition) is 2. The molecule has 6 aromatic carbocycles. The fourth-order valence-electron chi connectivity index (χ4n) is 5.95. The van der Waals surface area contributed by atoms with Gasteiger partial charge in [0.25, 0.3) is 0 Å². The second-order valence-electron chi connectivity index (χ2n) is 12.0. The van der Waals surface area contributed by atoms with Gasteiger partial charge in [-0.05, 0) is 148 Å². The molecule has 0 atom stereocenters. The van der Waals surface area contributed by atoms with E-state index in [1.165, 1.54) is 55.9 Å². The van der Waals surface area contributed by atoms with Gasteiger partial charge >= 0.3 is 0 Å². The molecule has 0 radical (unpaired) electrons. The van der Waals surface area contributed by atoms with Crippen LogP contribution in [-0.2, 0) is 0 Å². The number of rotatable bonds is 7. The Morgan fingerprint density at radius 1 is 0.318 bits per heavy atom. The molecule has 0 bridgehead atoms. The molecule has 218 valence electrons. The van der Waals surface area contributed by atoms with Crippen LogP contribution in [-0.4, -0.2) is 0 Å². The monoisotopic (exact) mass is 572 g/mol. The summed E-state index contributed by atoms with van der Waals surface area (Å²) in [5.41, 5.74) is 16.9. The first-order chi connectivity index (χ1) is 21.3. The zero-order valence-corrected chi connectivity index (χ0v) is 26.6. The molecule has 2 heteroatoms. The third-order valence-corrected chi connectivity index (χ3v) is 8.31. The predicted molar refractivity (Wildman–Crippen MR) is 190 cm³/mol. The number of benzene rings is 6. The van der Waals surface area contributed by atoms with Crippen LogP contribution in [0.4, 0.5) is 34.1 Å². The van der Waals surface area contributed by atoms with Crippen LogP contribution in [0.5, 0.6) is 0 Å². The minimum Gasteiger partial charge on any atom is -0.310 e. The van der Waals surface area contributed by atoms with Crippen LogP contribution in [0.2, 0.25) is 0 Å². The van der Waals surface area contributed by atoms with Gasteiger partial charge in [0.2, 0.25) is 0 Å². The van der Waals surface area contributed by atoms with Crippen LogP contribution in [0.25, 0.3) is 11.1 Å². The van der Waals surface area contributed by atoms with Gasteiger partial charge in [0.15, 0.2) is 0 Å². The summed E-state index contributed by atoms with van der Waals surface area (Å²) >= 11 is 0. The minimum absolute atomic E-state index is 1.16. The third-order valence-electron chi connectivity index (χ3n) is 8.31. The fraction of sp³-hybridized carbons (Fsp3) is 0.143. The van der Waals surface area contributed by atoms with Crippen LogP contribution in [0.15, 0.2) is 133 Å². The van der Waals surface area contributed by atoms with E-state index in [2.05, 4.69) is 185 Å².